The summed E-state index contributed by atoms with van der Waals surface area (Å²) in [5.41, 5.74) is 0.469. The zero-order valence-corrected chi connectivity index (χ0v) is 12.9. The molecule has 1 amide bonds. The van der Waals surface area contributed by atoms with E-state index < -0.39 is 5.54 Å². The molecule has 1 aromatic rings. The van der Waals surface area contributed by atoms with Gasteiger partial charge in [-0.15, -0.1) is 0 Å². The lowest BCUT2D eigenvalue weighted by Gasteiger charge is -2.46. The van der Waals surface area contributed by atoms with Crippen molar-refractivity contribution >= 4 is 17.5 Å². The number of nitrogens with one attached hydrogen (secondary N) is 1. The fourth-order valence-electron chi connectivity index (χ4n) is 2.76. The molecule has 1 aliphatic rings. The first-order chi connectivity index (χ1) is 9.43. The van der Waals surface area contributed by atoms with Gasteiger partial charge >= 0.3 is 0 Å². The Morgan fingerprint density at radius 3 is 2.65 bits per heavy atom. The Morgan fingerprint density at radius 2 is 2.05 bits per heavy atom. The normalized spacial score (nSPS) is 18.4. The predicted octanol–water partition coefficient (Wildman–Crippen LogP) is 1.14. The molecule has 110 valence electrons. The van der Waals surface area contributed by atoms with E-state index in [9.17, 15) is 4.79 Å². The van der Waals surface area contributed by atoms with Crippen LogP contribution in [0.3, 0.4) is 0 Å². The van der Waals surface area contributed by atoms with E-state index in [2.05, 4.69) is 27.1 Å². The zero-order chi connectivity index (χ0) is 14.9. The molecule has 0 aliphatic carbocycles. The van der Waals surface area contributed by atoms with Crippen molar-refractivity contribution in [3.05, 3.63) is 11.9 Å². The van der Waals surface area contributed by atoms with E-state index in [1.54, 1.807) is 11.2 Å². The minimum atomic E-state index is -0.587. The molecule has 0 radical (unpaired) electrons. The van der Waals surface area contributed by atoms with Gasteiger partial charge in [0.1, 0.15) is 23.5 Å². The van der Waals surface area contributed by atoms with Gasteiger partial charge < -0.3 is 15.1 Å². The Balaban J connectivity index is 2.48. The van der Waals surface area contributed by atoms with Gasteiger partial charge in [0.05, 0.1) is 0 Å². The molecule has 1 aromatic heterocycles. The monoisotopic (exact) mass is 277 g/mol. The average Bonchev–Trinajstić information content (AvgIpc) is 2.44. The molecule has 1 fully saturated rings. The van der Waals surface area contributed by atoms with Crippen LogP contribution in [-0.4, -0.2) is 53.5 Å². The maximum atomic E-state index is 12.4. The maximum Gasteiger partial charge on any atom is 0.247 e. The van der Waals surface area contributed by atoms with E-state index in [1.807, 2.05) is 27.9 Å². The zero-order valence-electron chi connectivity index (χ0n) is 12.9. The number of anilines is 2. The summed E-state index contributed by atoms with van der Waals surface area (Å²) in [4.78, 5) is 25.0. The third-order valence-electron chi connectivity index (χ3n) is 3.97. The summed E-state index contributed by atoms with van der Waals surface area (Å²) in [6.45, 7) is 7.47. The SMILES string of the molecule is CCc1c(NC)ncnc1N1CCN(C)C(=O)C1(C)C. The number of carbonyl (C=O) groups excluding carboxylic acids is 1. The van der Waals surface area contributed by atoms with Gasteiger partial charge in [-0.2, -0.15) is 0 Å². The van der Waals surface area contributed by atoms with Crippen LogP contribution in [0.2, 0.25) is 0 Å². The van der Waals surface area contributed by atoms with Gasteiger partial charge in [0.15, 0.2) is 0 Å². The van der Waals surface area contributed by atoms with Crippen LogP contribution in [0.5, 0.6) is 0 Å². The van der Waals surface area contributed by atoms with Crippen LogP contribution >= 0.6 is 0 Å². The van der Waals surface area contributed by atoms with Crippen molar-refractivity contribution in [3.63, 3.8) is 0 Å². The Bertz CT molecular complexity index is 514. The van der Waals surface area contributed by atoms with Crippen LogP contribution in [-0.2, 0) is 11.2 Å². The van der Waals surface area contributed by atoms with Crippen molar-refractivity contribution in [2.45, 2.75) is 32.7 Å². The largest absolute Gasteiger partial charge is 0.373 e. The number of hydrogen-bond acceptors (Lipinski definition) is 5. The van der Waals surface area contributed by atoms with Crippen molar-refractivity contribution < 1.29 is 4.79 Å². The molecule has 0 unspecified atom stereocenters. The molecule has 0 bridgehead atoms. The summed E-state index contributed by atoms with van der Waals surface area (Å²) in [5.74, 6) is 1.81. The van der Waals surface area contributed by atoms with Crippen LogP contribution in [0, 0.1) is 0 Å². The van der Waals surface area contributed by atoms with Gasteiger partial charge in [-0.25, -0.2) is 9.97 Å². The number of amides is 1. The lowest BCUT2D eigenvalue weighted by Crippen LogP contribution is -2.62. The highest BCUT2D eigenvalue weighted by Crippen LogP contribution is 2.31. The minimum absolute atomic E-state index is 0.121. The Hall–Kier alpha value is -1.85. The number of hydrogen-bond donors (Lipinski definition) is 1. The Morgan fingerprint density at radius 1 is 1.35 bits per heavy atom. The van der Waals surface area contributed by atoms with E-state index in [4.69, 9.17) is 0 Å². The summed E-state index contributed by atoms with van der Waals surface area (Å²) in [5, 5.41) is 3.10. The number of aromatic nitrogens is 2. The summed E-state index contributed by atoms with van der Waals surface area (Å²) in [6, 6.07) is 0. The van der Waals surface area contributed by atoms with Crippen molar-refractivity contribution in [1.29, 1.82) is 0 Å². The molecular formula is C14H23N5O. The predicted molar refractivity (Wildman–Crippen MR) is 80.0 cm³/mol. The summed E-state index contributed by atoms with van der Waals surface area (Å²) >= 11 is 0. The van der Waals surface area contributed by atoms with Crippen molar-refractivity contribution in [1.82, 2.24) is 14.9 Å². The van der Waals surface area contributed by atoms with Crippen molar-refractivity contribution in [2.75, 3.05) is 37.4 Å². The summed E-state index contributed by atoms with van der Waals surface area (Å²) in [6.07, 6.45) is 2.38. The van der Waals surface area contributed by atoms with Gasteiger partial charge in [0, 0.05) is 32.7 Å². The molecule has 6 nitrogen and oxygen atoms in total. The lowest BCUT2D eigenvalue weighted by atomic mass is 9.97. The van der Waals surface area contributed by atoms with Crippen LogP contribution < -0.4 is 10.2 Å². The third-order valence-corrected chi connectivity index (χ3v) is 3.97. The quantitative estimate of drug-likeness (QED) is 0.897. The van der Waals surface area contributed by atoms with Gasteiger partial charge in [-0.1, -0.05) is 6.92 Å². The van der Waals surface area contributed by atoms with Gasteiger partial charge in [0.25, 0.3) is 0 Å². The molecule has 1 N–H and O–H groups in total. The molecule has 0 saturated carbocycles. The first-order valence-electron chi connectivity index (χ1n) is 6.98. The molecule has 20 heavy (non-hydrogen) atoms. The molecule has 2 rings (SSSR count). The highest BCUT2D eigenvalue weighted by atomic mass is 16.2. The second-order valence-corrected chi connectivity index (χ2v) is 5.57. The van der Waals surface area contributed by atoms with Crippen LogP contribution in [0.25, 0.3) is 0 Å². The van der Waals surface area contributed by atoms with E-state index in [0.717, 1.165) is 30.2 Å². The van der Waals surface area contributed by atoms with Crippen LogP contribution in [0.1, 0.15) is 26.3 Å². The van der Waals surface area contributed by atoms with Crippen molar-refractivity contribution in [2.24, 2.45) is 0 Å². The van der Waals surface area contributed by atoms with Crippen LogP contribution in [0.4, 0.5) is 11.6 Å². The van der Waals surface area contributed by atoms with E-state index in [0.29, 0.717) is 6.54 Å². The molecule has 1 saturated heterocycles. The Labute approximate surface area is 120 Å². The number of carbonyl (C=O) groups is 1. The smallest absolute Gasteiger partial charge is 0.247 e. The maximum absolute atomic E-state index is 12.4. The molecule has 0 aromatic carbocycles. The molecular weight excluding hydrogens is 254 g/mol. The number of piperazine rings is 1. The standard InChI is InChI=1S/C14H23N5O/c1-6-10-11(15-4)16-9-17-12(10)19-8-7-18(5)13(20)14(19,2)3/h9H,6-8H2,1-5H3,(H,15,16,17). The third kappa shape index (κ3) is 2.19. The highest BCUT2D eigenvalue weighted by molar-refractivity contribution is 5.90. The number of nitrogens with zero attached hydrogens (tertiary/aromatic N) is 4. The first-order valence-corrected chi connectivity index (χ1v) is 6.98. The van der Waals surface area contributed by atoms with E-state index >= 15 is 0 Å². The van der Waals surface area contributed by atoms with Gasteiger partial charge in [-0.3, -0.25) is 4.79 Å². The van der Waals surface area contributed by atoms with Gasteiger partial charge in [-0.05, 0) is 20.3 Å². The first kappa shape index (κ1) is 14.6. The molecule has 0 spiro atoms. The minimum Gasteiger partial charge on any atom is -0.373 e. The van der Waals surface area contributed by atoms with Crippen molar-refractivity contribution in [3.8, 4) is 0 Å². The van der Waals surface area contributed by atoms with E-state index in [1.165, 1.54) is 0 Å². The summed E-state index contributed by atoms with van der Waals surface area (Å²) < 4.78 is 0. The topological polar surface area (TPSA) is 61.4 Å². The van der Waals surface area contributed by atoms with Crippen LogP contribution in [0.15, 0.2) is 6.33 Å². The Kier molecular flexibility index (Phi) is 3.83. The molecule has 6 heteroatoms. The second kappa shape index (κ2) is 5.26. The fourth-order valence-corrected chi connectivity index (χ4v) is 2.76. The molecule has 0 atom stereocenters. The summed E-state index contributed by atoms with van der Waals surface area (Å²) in [7, 11) is 3.70. The molecule has 1 aliphatic heterocycles. The highest BCUT2D eigenvalue weighted by Gasteiger charge is 2.42. The lowest BCUT2D eigenvalue weighted by molar-refractivity contribution is -0.136. The number of rotatable bonds is 3. The van der Waals surface area contributed by atoms with E-state index in [-0.39, 0.29) is 5.91 Å². The number of likely N-dealkylation sites (N-methyl/N-ethyl adjacent to an activating group) is 1. The molecule has 2 heterocycles. The second-order valence-electron chi connectivity index (χ2n) is 5.57. The fraction of sp³-hybridized carbons (Fsp3) is 0.643. The average molecular weight is 277 g/mol. The van der Waals surface area contributed by atoms with Gasteiger partial charge in [0.2, 0.25) is 5.91 Å².